The Morgan fingerprint density at radius 2 is 1.55 bits per heavy atom. The van der Waals surface area contributed by atoms with Crippen molar-refractivity contribution in [1.82, 2.24) is 0 Å². The van der Waals surface area contributed by atoms with Gasteiger partial charge in [0, 0.05) is 4.47 Å². The Hall–Kier alpha value is -0.710. The van der Waals surface area contributed by atoms with Gasteiger partial charge in [-0.1, -0.05) is 34.1 Å². The molecule has 0 spiro atoms. The molecule has 0 aliphatic heterocycles. The van der Waals surface area contributed by atoms with Gasteiger partial charge < -0.3 is 5.73 Å². The predicted molar refractivity (Wildman–Crippen MR) is 88.2 cm³/mol. The van der Waals surface area contributed by atoms with Crippen molar-refractivity contribution in [1.29, 1.82) is 0 Å². The summed E-state index contributed by atoms with van der Waals surface area (Å²) in [6, 6.07) is 13.4. The van der Waals surface area contributed by atoms with Crippen LogP contribution in [0.15, 0.2) is 51.4 Å². The summed E-state index contributed by atoms with van der Waals surface area (Å²) < 4.78 is 14.8. The van der Waals surface area contributed by atoms with Gasteiger partial charge in [0.05, 0.1) is 4.47 Å². The Kier molecular flexibility index (Phi) is 5.75. The van der Waals surface area contributed by atoms with Crippen LogP contribution < -0.4 is 5.73 Å². The molecule has 0 fully saturated rings. The highest BCUT2D eigenvalue weighted by Gasteiger charge is 2.10. The van der Waals surface area contributed by atoms with E-state index >= 15 is 0 Å². The predicted octanol–water partition coefficient (Wildman–Crippen LogP) is 4.71. The summed E-state index contributed by atoms with van der Waals surface area (Å²) >= 11 is 6.65. The van der Waals surface area contributed by atoms with E-state index in [0.29, 0.717) is 16.9 Å². The maximum absolute atomic E-state index is 13.2. The van der Waals surface area contributed by atoms with Crippen molar-refractivity contribution in [3.05, 3.63) is 68.4 Å². The Bertz CT molecular complexity index is 569. The number of hydrogen-bond acceptors (Lipinski definition) is 1. The Morgan fingerprint density at radius 3 is 2.15 bits per heavy atom. The summed E-state index contributed by atoms with van der Waals surface area (Å²) in [4.78, 5) is 0. The fourth-order valence-electron chi connectivity index (χ4n) is 2.19. The topological polar surface area (TPSA) is 26.0 Å². The van der Waals surface area contributed by atoms with E-state index in [0.717, 1.165) is 22.9 Å². The third kappa shape index (κ3) is 4.40. The molecule has 0 amide bonds. The molecule has 0 saturated heterocycles. The number of benzene rings is 2. The fraction of sp³-hybridized carbons (Fsp3) is 0.250. The lowest BCUT2D eigenvalue weighted by atomic mass is 9.93. The molecule has 0 radical (unpaired) electrons. The van der Waals surface area contributed by atoms with E-state index in [1.165, 1.54) is 11.6 Å². The maximum atomic E-state index is 13.2. The molecule has 0 aliphatic rings. The van der Waals surface area contributed by atoms with Gasteiger partial charge in [-0.15, -0.1) is 0 Å². The van der Waals surface area contributed by atoms with E-state index in [4.69, 9.17) is 5.73 Å². The standard InChI is InChI=1S/C16H16Br2FN/c17-14-4-1-11(2-5-14)7-13(10-20)8-12-3-6-16(19)15(18)9-12/h1-6,9,13H,7-8,10,20H2. The van der Waals surface area contributed by atoms with Gasteiger partial charge in [0.25, 0.3) is 0 Å². The number of rotatable bonds is 5. The van der Waals surface area contributed by atoms with E-state index in [1.54, 1.807) is 0 Å². The summed E-state index contributed by atoms with van der Waals surface area (Å²) in [5, 5.41) is 0. The molecular formula is C16H16Br2FN. The third-order valence-electron chi connectivity index (χ3n) is 3.28. The van der Waals surface area contributed by atoms with Crippen LogP contribution in [0.5, 0.6) is 0 Å². The lowest BCUT2D eigenvalue weighted by Gasteiger charge is -2.15. The Balaban J connectivity index is 2.04. The second-order valence-electron chi connectivity index (χ2n) is 4.88. The van der Waals surface area contributed by atoms with Crippen molar-refractivity contribution in [2.75, 3.05) is 6.54 Å². The van der Waals surface area contributed by atoms with Crippen LogP contribution in [0.1, 0.15) is 11.1 Å². The highest BCUT2D eigenvalue weighted by Crippen LogP contribution is 2.21. The van der Waals surface area contributed by atoms with Crippen LogP contribution in [0.25, 0.3) is 0 Å². The Labute approximate surface area is 135 Å². The summed E-state index contributed by atoms with van der Waals surface area (Å²) in [6.07, 6.45) is 1.78. The smallest absolute Gasteiger partial charge is 0.137 e. The molecule has 4 heteroatoms. The molecule has 0 aliphatic carbocycles. The van der Waals surface area contributed by atoms with Crippen LogP contribution in [0.3, 0.4) is 0 Å². The average molecular weight is 401 g/mol. The molecule has 0 aromatic heterocycles. The average Bonchev–Trinajstić information content (AvgIpc) is 2.44. The largest absolute Gasteiger partial charge is 0.330 e. The highest BCUT2D eigenvalue weighted by atomic mass is 79.9. The maximum Gasteiger partial charge on any atom is 0.137 e. The van der Waals surface area contributed by atoms with E-state index < -0.39 is 0 Å². The number of halogens is 3. The molecule has 2 rings (SSSR count). The van der Waals surface area contributed by atoms with Gasteiger partial charge in [0.2, 0.25) is 0 Å². The first-order chi connectivity index (χ1) is 9.58. The Morgan fingerprint density at radius 1 is 0.950 bits per heavy atom. The van der Waals surface area contributed by atoms with Gasteiger partial charge in [-0.25, -0.2) is 4.39 Å². The summed E-state index contributed by atoms with van der Waals surface area (Å²) in [5.74, 6) is 0.125. The van der Waals surface area contributed by atoms with Gasteiger partial charge in [-0.2, -0.15) is 0 Å². The first kappa shape index (κ1) is 15.7. The van der Waals surface area contributed by atoms with E-state index in [2.05, 4.69) is 44.0 Å². The van der Waals surface area contributed by atoms with Gasteiger partial charge in [0.15, 0.2) is 0 Å². The van der Waals surface area contributed by atoms with Gasteiger partial charge in [-0.3, -0.25) is 0 Å². The number of hydrogen-bond donors (Lipinski definition) is 1. The first-order valence-corrected chi connectivity index (χ1v) is 8.05. The lowest BCUT2D eigenvalue weighted by Crippen LogP contribution is -2.19. The van der Waals surface area contributed by atoms with Crippen LogP contribution in [0, 0.1) is 11.7 Å². The fourth-order valence-corrected chi connectivity index (χ4v) is 2.88. The molecule has 1 atom stereocenters. The summed E-state index contributed by atoms with van der Waals surface area (Å²) in [5.41, 5.74) is 8.24. The summed E-state index contributed by atoms with van der Waals surface area (Å²) in [6.45, 7) is 0.616. The molecule has 1 nitrogen and oxygen atoms in total. The van der Waals surface area contributed by atoms with Gasteiger partial charge >= 0.3 is 0 Å². The van der Waals surface area contributed by atoms with Crippen LogP contribution in [-0.2, 0) is 12.8 Å². The SMILES string of the molecule is NCC(Cc1ccc(Br)cc1)Cc1ccc(F)c(Br)c1. The second kappa shape index (κ2) is 7.34. The molecule has 0 heterocycles. The van der Waals surface area contributed by atoms with Crippen LogP contribution in [0.2, 0.25) is 0 Å². The first-order valence-electron chi connectivity index (χ1n) is 6.47. The molecular weight excluding hydrogens is 385 g/mol. The molecule has 1 unspecified atom stereocenters. The van der Waals surface area contributed by atoms with Gasteiger partial charge in [-0.05, 0) is 76.6 Å². The molecule has 2 aromatic rings. The molecule has 0 saturated carbocycles. The van der Waals surface area contributed by atoms with Crippen LogP contribution in [0.4, 0.5) is 4.39 Å². The van der Waals surface area contributed by atoms with Crippen molar-refractivity contribution in [3.63, 3.8) is 0 Å². The zero-order valence-corrected chi connectivity index (χ0v) is 14.1. The minimum absolute atomic E-state index is 0.231. The van der Waals surface area contributed by atoms with Crippen molar-refractivity contribution in [2.24, 2.45) is 11.7 Å². The van der Waals surface area contributed by atoms with Crippen LogP contribution in [-0.4, -0.2) is 6.54 Å². The second-order valence-corrected chi connectivity index (χ2v) is 6.65. The van der Waals surface area contributed by atoms with Gasteiger partial charge in [0.1, 0.15) is 5.82 Å². The minimum atomic E-state index is -0.231. The molecule has 0 bridgehead atoms. The van der Waals surface area contributed by atoms with E-state index in [1.807, 2.05) is 24.3 Å². The van der Waals surface area contributed by atoms with Crippen LogP contribution >= 0.6 is 31.9 Å². The van der Waals surface area contributed by atoms with E-state index in [9.17, 15) is 4.39 Å². The highest BCUT2D eigenvalue weighted by molar-refractivity contribution is 9.10. The van der Waals surface area contributed by atoms with Crippen molar-refractivity contribution in [3.8, 4) is 0 Å². The molecule has 2 N–H and O–H groups in total. The van der Waals surface area contributed by atoms with Crippen molar-refractivity contribution in [2.45, 2.75) is 12.8 Å². The zero-order valence-electron chi connectivity index (χ0n) is 11.0. The molecule has 106 valence electrons. The zero-order chi connectivity index (χ0) is 14.5. The van der Waals surface area contributed by atoms with Crippen molar-refractivity contribution >= 4 is 31.9 Å². The summed E-state index contributed by atoms with van der Waals surface area (Å²) in [7, 11) is 0. The quantitative estimate of drug-likeness (QED) is 0.772. The molecule has 20 heavy (non-hydrogen) atoms. The normalized spacial score (nSPS) is 12.4. The number of nitrogens with two attached hydrogens (primary N) is 1. The third-order valence-corrected chi connectivity index (χ3v) is 4.42. The lowest BCUT2D eigenvalue weighted by molar-refractivity contribution is 0.532. The van der Waals surface area contributed by atoms with Crippen molar-refractivity contribution < 1.29 is 4.39 Å². The minimum Gasteiger partial charge on any atom is -0.330 e. The van der Waals surface area contributed by atoms with E-state index in [-0.39, 0.29) is 5.82 Å². The molecule has 2 aromatic carbocycles. The monoisotopic (exact) mass is 399 g/mol.